The van der Waals surface area contributed by atoms with Gasteiger partial charge in [0.25, 0.3) is 5.92 Å². The highest BCUT2D eigenvalue weighted by Gasteiger charge is 2.49. The number of aliphatic hydroxyl groups excluding tert-OH is 1. The number of aromatic nitrogens is 1. The number of hydrogen-bond donors (Lipinski definition) is 2. The van der Waals surface area contributed by atoms with Crippen molar-refractivity contribution in [1.82, 2.24) is 4.98 Å². The van der Waals surface area contributed by atoms with Crippen LogP contribution in [0.4, 0.5) is 20.2 Å². The molecule has 0 aliphatic heterocycles. The molecule has 0 amide bonds. The second-order valence-corrected chi connectivity index (χ2v) is 8.05. The van der Waals surface area contributed by atoms with Crippen LogP contribution in [-0.4, -0.2) is 30.7 Å². The summed E-state index contributed by atoms with van der Waals surface area (Å²) in [5, 5.41) is 13.2. The number of nitrogens with one attached hydrogen (secondary N) is 1. The lowest BCUT2D eigenvalue weighted by molar-refractivity contribution is -0.0975. The summed E-state index contributed by atoms with van der Waals surface area (Å²) >= 11 is 5.84. The normalized spacial score (nSPS) is 19.1. The zero-order valence-electron chi connectivity index (χ0n) is 12.4. The lowest BCUT2D eigenvalue weighted by atomic mass is 10.1. The summed E-state index contributed by atoms with van der Waals surface area (Å²) in [6, 6.07) is 4.15. The average molecular weight is 375 g/mol. The van der Waals surface area contributed by atoms with Gasteiger partial charge in [-0.15, -0.1) is 0 Å². The van der Waals surface area contributed by atoms with E-state index in [0.29, 0.717) is 10.7 Å². The van der Waals surface area contributed by atoms with Crippen molar-refractivity contribution in [3.63, 3.8) is 0 Å². The Morgan fingerprint density at radius 3 is 2.71 bits per heavy atom. The molecule has 24 heavy (non-hydrogen) atoms. The summed E-state index contributed by atoms with van der Waals surface area (Å²) in [6.07, 6.45) is 0.855. The molecule has 9 heteroatoms. The van der Waals surface area contributed by atoms with Gasteiger partial charge in [-0.25, -0.2) is 17.2 Å². The van der Waals surface area contributed by atoms with E-state index < -0.39 is 28.3 Å². The predicted octanol–water partition coefficient (Wildman–Crippen LogP) is 3.11. The Morgan fingerprint density at radius 2 is 2.08 bits per heavy atom. The summed E-state index contributed by atoms with van der Waals surface area (Å²) in [7, 11) is -3.76. The zero-order chi connectivity index (χ0) is 17.7. The Kier molecular flexibility index (Phi) is 4.01. The number of sulfone groups is 1. The van der Waals surface area contributed by atoms with Gasteiger partial charge in [0.15, 0.2) is 9.84 Å². The summed E-state index contributed by atoms with van der Waals surface area (Å²) in [4.78, 5) is 3.59. The Morgan fingerprint density at radius 1 is 1.38 bits per heavy atom. The lowest BCUT2D eigenvalue weighted by Gasteiger charge is -2.16. The monoisotopic (exact) mass is 374 g/mol. The molecule has 1 unspecified atom stereocenters. The van der Waals surface area contributed by atoms with Gasteiger partial charge in [-0.3, -0.25) is 4.98 Å². The number of pyridine rings is 1. The van der Waals surface area contributed by atoms with Crippen LogP contribution in [0.15, 0.2) is 35.5 Å². The van der Waals surface area contributed by atoms with E-state index in [0.717, 1.165) is 6.26 Å². The van der Waals surface area contributed by atoms with Gasteiger partial charge in [0, 0.05) is 30.1 Å². The molecule has 2 N–H and O–H groups in total. The molecule has 3 rings (SSSR count). The van der Waals surface area contributed by atoms with Crippen molar-refractivity contribution in [1.29, 1.82) is 0 Å². The molecule has 1 aliphatic rings. The maximum absolute atomic E-state index is 14.0. The largest absolute Gasteiger partial charge is 0.382 e. The quantitative estimate of drug-likeness (QED) is 0.863. The van der Waals surface area contributed by atoms with Gasteiger partial charge in [-0.2, -0.15) is 0 Å². The predicted molar refractivity (Wildman–Crippen MR) is 85.7 cm³/mol. The average Bonchev–Trinajstić information content (AvgIpc) is 2.70. The molecule has 128 valence electrons. The van der Waals surface area contributed by atoms with Crippen LogP contribution < -0.4 is 5.32 Å². The minimum atomic E-state index is -3.76. The Labute approximate surface area is 142 Å². The smallest absolute Gasteiger partial charge is 0.281 e. The fraction of sp³-hybridized carbons (Fsp3) is 0.267. The maximum atomic E-state index is 14.0. The highest BCUT2D eigenvalue weighted by atomic mass is 35.5. The summed E-state index contributed by atoms with van der Waals surface area (Å²) in [5.74, 6) is -3.44. The number of halogens is 3. The molecule has 1 aliphatic carbocycles. The van der Waals surface area contributed by atoms with Crippen LogP contribution in [0.5, 0.6) is 0 Å². The molecule has 1 atom stereocenters. The van der Waals surface area contributed by atoms with Crippen LogP contribution in [-0.2, 0) is 16.3 Å². The van der Waals surface area contributed by atoms with Gasteiger partial charge in [-0.1, -0.05) is 11.6 Å². The number of fused-ring (bicyclic) bond motifs is 1. The van der Waals surface area contributed by atoms with Crippen molar-refractivity contribution >= 4 is 32.8 Å². The van der Waals surface area contributed by atoms with E-state index in [1.54, 1.807) is 6.07 Å². The molecule has 0 fully saturated rings. The third-order valence-corrected chi connectivity index (χ3v) is 5.15. The molecule has 1 heterocycles. The number of rotatable bonds is 3. The Balaban J connectivity index is 2.14. The molecular formula is C15H13ClF2N2O3S. The molecular weight excluding hydrogens is 362 g/mol. The topological polar surface area (TPSA) is 79.3 Å². The lowest BCUT2D eigenvalue weighted by Crippen LogP contribution is -2.22. The highest BCUT2D eigenvalue weighted by Crippen LogP contribution is 2.48. The first-order chi connectivity index (χ1) is 11.1. The first kappa shape index (κ1) is 17.1. The third-order valence-electron chi connectivity index (χ3n) is 3.79. The minimum Gasteiger partial charge on any atom is -0.382 e. The molecule has 0 spiro atoms. The van der Waals surface area contributed by atoms with E-state index in [9.17, 15) is 22.3 Å². The number of nitrogens with zero attached hydrogens (tertiary/aromatic N) is 1. The standard InChI is InChI=1S/C15H13ClF2N2O3S/c1-24(22,23)12-3-2-11(20-9-4-8(16)6-19-7-9)10-5-15(17,18)14(21)13(10)12/h2-4,6-7,14,20-21H,5H2,1H3. The number of alkyl halides is 2. The second-order valence-electron chi connectivity index (χ2n) is 5.63. The molecule has 5 nitrogen and oxygen atoms in total. The van der Waals surface area contributed by atoms with Gasteiger partial charge < -0.3 is 10.4 Å². The van der Waals surface area contributed by atoms with Gasteiger partial charge in [-0.05, 0) is 23.8 Å². The van der Waals surface area contributed by atoms with Crippen molar-refractivity contribution in [2.45, 2.75) is 23.3 Å². The van der Waals surface area contributed by atoms with Gasteiger partial charge in [0.05, 0.1) is 21.8 Å². The van der Waals surface area contributed by atoms with E-state index in [-0.39, 0.29) is 21.7 Å². The molecule has 0 saturated heterocycles. The fourth-order valence-corrected chi connectivity index (χ4v) is 3.88. The van der Waals surface area contributed by atoms with Crippen molar-refractivity contribution < 1.29 is 22.3 Å². The molecule has 0 radical (unpaired) electrons. The SMILES string of the molecule is CS(=O)(=O)c1ccc(Nc2cncc(Cl)c2)c2c1C(O)C(F)(F)C2. The minimum absolute atomic E-state index is 0.0652. The van der Waals surface area contributed by atoms with E-state index >= 15 is 0 Å². The van der Waals surface area contributed by atoms with Crippen LogP contribution >= 0.6 is 11.6 Å². The van der Waals surface area contributed by atoms with E-state index in [4.69, 9.17) is 11.6 Å². The molecule has 0 bridgehead atoms. The van der Waals surface area contributed by atoms with Crippen molar-refractivity contribution in [3.05, 3.63) is 46.7 Å². The first-order valence-electron chi connectivity index (χ1n) is 6.89. The first-order valence-corrected chi connectivity index (χ1v) is 9.16. The van der Waals surface area contributed by atoms with Gasteiger partial charge in [0.2, 0.25) is 0 Å². The van der Waals surface area contributed by atoms with E-state index in [1.807, 2.05) is 0 Å². The second kappa shape index (κ2) is 5.65. The van der Waals surface area contributed by atoms with Crippen LogP contribution in [0.25, 0.3) is 0 Å². The third kappa shape index (κ3) is 2.97. The fourth-order valence-electron chi connectivity index (χ4n) is 2.75. The summed E-state index contributed by atoms with van der Waals surface area (Å²) < 4.78 is 51.7. The molecule has 1 aromatic carbocycles. The Hall–Kier alpha value is -1.77. The zero-order valence-corrected chi connectivity index (χ0v) is 14.0. The molecule has 1 aromatic heterocycles. The van der Waals surface area contributed by atoms with Gasteiger partial charge >= 0.3 is 0 Å². The number of anilines is 2. The van der Waals surface area contributed by atoms with Crippen molar-refractivity contribution in [2.24, 2.45) is 0 Å². The summed E-state index contributed by atoms with van der Waals surface area (Å²) in [6.45, 7) is 0. The van der Waals surface area contributed by atoms with Crippen molar-refractivity contribution in [2.75, 3.05) is 11.6 Å². The van der Waals surface area contributed by atoms with Gasteiger partial charge in [0.1, 0.15) is 6.10 Å². The van der Waals surface area contributed by atoms with Crippen LogP contribution in [0.2, 0.25) is 5.02 Å². The van der Waals surface area contributed by atoms with Crippen LogP contribution in [0.3, 0.4) is 0 Å². The van der Waals surface area contributed by atoms with Crippen LogP contribution in [0.1, 0.15) is 17.2 Å². The maximum Gasteiger partial charge on any atom is 0.281 e. The number of aliphatic hydroxyl groups is 1. The van der Waals surface area contributed by atoms with Crippen molar-refractivity contribution in [3.8, 4) is 0 Å². The highest BCUT2D eigenvalue weighted by molar-refractivity contribution is 7.90. The van der Waals surface area contributed by atoms with E-state index in [1.165, 1.54) is 24.5 Å². The number of hydrogen-bond acceptors (Lipinski definition) is 5. The van der Waals surface area contributed by atoms with E-state index in [2.05, 4.69) is 10.3 Å². The number of benzene rings is 1. The molecule has 2 aromatic rings. The molecule has 0 saturated carbocycles. The Bertz CT molecular complexity index is 919. The summed E-state index contributed by atoms with van der Waals surface area (Å²) in [5.41, 5.74) is 0.539. The van der Waals surface area contributed by atoms with Crippen LogP contribution in [0, 0.1) is 0 Å².